The molecule has 0 atom stereocenters. The van der Waals surface area contributed by atoms with Crippen molar-refractivity contribution in [2.24, 2.45) is 5.10 Å². The lowest BCUT2D eigenvalue weighted by atomic mass is 10.0. The molecule has 0 aromatic heterocycles. The van der Waals surface area contributed by atoms with Crippen molar-refractivity contribution in [3.63, 3.8) is 0 Å². The van der Waals surface area contributed by atoms with Crippen molar-refractivity contribution < 1.29 is 14.3 Å². The number of hydrogen-bond donors (Lipinski definition) is 1. The van der Waals surface area contributed by atoms with Gasteiger partial charge >= 0.3 is 0 Å². The van der Waals surface area contributed by atoms with E-state index in [1.807, 2.05) is 56.3 Å². The molecule has 1 N–H and O–H groups in total. The maximum absolute atomic E-state index is 12.2. The number of halogens is 2. The average Bonchev–Trinajstić information content (AvgIpc) is 2.75. The van der Waals surface area contributed by atoms with Crippen LogP contribution < -0.4 is 14.9 Å². The zero-order chi connectivity index (χ0) is 23.1. The van der Waals surface area contributed by atoms with Crippen LogP contribution in [0.4, 0.5) is 0 Å². The van der Waals surface area contributed by atoms with Gasteiger partial charge in [0.25, 0.3) is 0 Å². The second-order valence-corrected chi connectivity index (χ2v) is 8.58. The average molecular weight is 516 g/mol. The molecule has 1 amide bonds. The molecule has 7 heteroatoms. The monoisotopic (exact) mass is 514 g/mol. The van der Waals surface area contributed by atoms with Crippen LogP contribution in [0.15, 0.2) is 64.2 Å². The Morgan fingerprint density at radius 1 is 1.12 bits per heavy atom. The van der Waals surface area contributed by atoms with Crippen molar-refractivity contribution in [2.45, 2.75) is 26.9 Å². The lowest BCUT2D eigenvalue weighted by Crippen LogP contribution is -2.20. The van der Waals surface area contributed by atoms with E-state index in [4.69, 9.17) is 21.1 Å². The molecular formula is C25H24BrClN2O3. The SMILES string of the molecule is COc1cc(/C=N/NC(=O)Cc2ccc(C)cc2C)cc(Br)c1OCc1ccccc1Cl. The van der Waals surface area contributed by atoms with Crippen LogP contribution in [0.2, 0.25) is 5.02 Å². The fourth-order valence-corrected chi connectivity index (χ4v) is 3.92. The normalized spacial score (nSPS) is 10.9. The number of methoxy groups -OCH3 is 1. The molecule has 0 bridgehead atoms. The number of benzene rings is 3. The van der Waals surface area contributed by atoms with Crippen molar-refractivity contribution in [1.29, 1.82) is 0 Å². The van der Waals surface area contributed by atoms with Gasteiger partial charge in [-0.2, -0.15) is 5.10 Å². The summed E-state index contributed by atoms with van der Waals surface area (Å²) in [5.41, 5.74) is 7.43. The lowest BCUT2D eigenvalue weighted by molar-refractivity contribution is -0.120. The molecule has 5 nitrogen and oxygen atoms in total. The Morgan fingerprint density at radius 2 is 1.91 bits per heavy atom. The molecule has 0 aliphatic carbocycles. The van der Waals surface area contributed by atoms with Crippen molar-refractivity contribution in [2.75, 3.05) is 7.11 Å². The van der Waals surface area contributed by atoms with Crippen LogP contribution in [0.1, 0.15) is 27.8 Å². The first-order valence-corrected chi connectivity index (χ1v) is 11.2. The van der Waals surface area contributed by atoms with Crippen LogP contribution in [-0.4, -0.2) is 19.2 Å². The molecule has 0 fully saturated rings. The number of amides is 1. The van der Waals surface area contributed by atoms with E-state index >= 15 is 0 Å². The van der Waals surface area contributed by atoms with Crippen LogP contribution in [0.3, 0.4) is 0 Å². The van der Waals surface area contributed by atoms with Gasteiger partial charge in [0.2, 0.25) is 5.91 Å². The Kier molecular flexibility index (Phi) is 8.31. The second kappa shape index (κ2) is 11.2. The number of carbonyl (C=O) groups excluding carboxylic acids is 1. The molecule has 0 saturated carbocycles. The van der Waals surface area contributed by atoms with Gasteiger partial charge in [-0.25, -0.2) is 5.43 Å². The standard InChI is InChI=1S/C25H24BrClN2O3/c1-16-8-9-19(17(2)10-16)13-24(30)29-28-14-18-11-21(26)25(23(12-18)31-3)32-15-20-6-4-5-7-22(20)27/h4-12,14H,13,15H2,1-3H3,(H,29,30)/b28-14+. The first-order valence-electron chi connectivity index (χ1n) is 9.99. The number of carbonyl (C=O) groups is 1. The molecular weight excluding hydrogens is 492 g/mol. The quantitative estimate of drug-likeness (QED) is 0.296. The zero-order valence-electron chi connectivity index (χ0n) is 18.1. The van der Waals surface area contributed by atoms with Crippen LogP contribution in [0.25, 0.3) is 0 Å². The van der Waals surface area contributed by atoms with E-state index in [0.29, 0.717) is 27.6 Å². The Bertz CT molecular complexity index is 1150. The van der Waals surface area contributed by atoms with Gasteiger partial charge < -0.3 is 9.47 Å². The minimum absolute atomic E-state index is 0.182. The summed E-state index contributed by atoms with van der Waals surface area (Å²) < 4.78 is 12.1. The predicted octanol–water partition coefficient (Wildman–Crippen LogP) is 6.00. The smallest absolute Gasteiger partial charge is 0.244 e. The van der Waals surface area contributed by atoms with Crippen LogP contribution in [-0.2, 0) is 17.8 Å². The van der Waals surface area contributed by atoms with Gasteiger partial charge in [-0.3, -0.25) is 4.79 Å². The number of hydrazone groups is 1. The highest BCUT2D eigenvalue weighted by Crippen LogP contribution is 2.37. The Balaban J connectivity index is 1.65. The molecule has 32 heavy (non-hydrogen) atoms. The van der Waals surface area contributed by atoms with Gasteiger partial charge in [0.05, 0.1) is 24.2 Å². The minimum Gasteiger partial charge on any atom is -0.493 e. The number of aryl methyl sites for hydroxylation is 2. The molecule has 3 rings (SSSR count). The Hall–Kier alpha value is -2.83. The first kappa shape index (κ1) is 23.8. The van der Waals surface area contributed by atoms with Crippen molar-refractivity contribution >= 4 is 39.7 Å². The highest BCUT2D eigenvalue weighted by atomic mass is 79.9. The fourth-order valence-electron chi connectivity index (χ4n) is 3.16. The van der Waals surface area contributed by atoms with E-state index in [2.05, 4.69) is 32.5 Å². The van der Waals surface area contributed by atoms with E-state index in [9.17, 15) is 4.79 Å². The third-order valence-corrected chi connectivity index (χ3v) is 5.79. The van der Waals surface area contributed by atoms with Crippen LogP contribution in [0.5, 0.6) is 11.5 Å². The summed E-state index contributed by atoms with van der Waals surface area (Å²) in [4.78, 5) is 12.2. The summed E-state index contributed by atoms with van der Waals surface area (Å²) >= 11 is 9.73. The maximum atomic E-state index is 12.2. The van der Waals surface area contributed by atoms with Crippen molar-refractivity contribution in [3.05, 3.63) is 91.9 Å². The molecule has 3 aromatic rings. The molecule has 0 heterocycles. The van der Waals surface area contributed by atoms with Gasteiger partial charge in [0.1, 0.15) is 6.61 Å². The molecule has 3 aromatic carbocycles. The van der Waals surface area contributed by atoms with Gasteiger partial charge in [-0.1, -0.05) is 53.6 Å². The molecule has 0 spiro atoms. The van der Waals surface area contributed by atoms with Gasteiger partial charge in [-0.15, -0.1) is 0 Å². The number of rotatable bonds is 8. The van der Waals surface area contributed by atoms with Crippen molar-refractivity contribution in [3.8, 4) is 11.5 Å². The summed E-state index contributed by atoms with van der Waals surface area (Å²) in [6.07, 6.45) is 1.83. The zero-order valence-corrected chi connectivity index (χ0v) is 20.5. The third kappa shape index (κ3) is 6.34. The molecule has 0 unspecified atom stereocenters. The van der Waals surface area contributed by atoms with Crippen molar-refractivity contribution in [1.82, 2.24) is 5.43 Å². The highest BCUT2D eigenvalue weighted by Gasteiger charge is 2.12. The Labute approximate surface area is 201 Å². The van der Waals surface area contributed by atoms with E-state index in [1.54, 1.807) is 19.4 Å². The summed E-state index contributed by atoms with van der Waals surface area (Å²) in [7, 11) is 1.57. The minimum atomic E-state index is -0.182. The number of nitrogens with zero attached hydrogens (tertiary/aromatic N) is 1. The topological polar surface area (TPSA) is 59.9 Å². The first-order chi connectivity index (χ1) is 15.4. The molecule has 0 saturated heterocycles. The number of hydrogen-bond acceptors (Lipinski definition) is 4. The van der Waals surface area contributed by atoms with E-state index < -0.39 is 0 Å². The molecule has 0 aliphatic rings. The van der Waals surface area contributed by atoms with Gasteiger partial charge in [-0.05, 0) is 64.7 Å². The number of ether oxygens (including phenoxy) is 2. The molecule has 0 aliphatic heterocycles. The van der Waals surface area contributed by atoms with E-state index in [0.717, 1.165) is 22.3 Å². The molecule has 0 radical (unpaired) electrons. The second-order valence-electron chi connectivity index (χ2n) is 7.31. The highest BCUT2D eigenvalue weighted by molar-refractivity contribution is 9.10. The summed E-state index contributed by atoms with van der Waals surface area (Å²) in [5.74, 6) is 0.914. The van der Waals surface area contributed by atoms with E-state index in [-0.39, 0.29) is 12.3 Å². The summed E-state index contributed by atoms with van der Waals surface area (Å²) in [5, 5.41) is 4.72. The summed E-state index contributed by atoms with van der Waals surface area (Å²) in [6, 6.07) is 17.2. The molecule has 166 valence electrons. The van der Waals surface area contributed by atoms with E-state index in [1.165, 1.54) is 5.56 Å². The largest absolute Gasteiger partial charge is 0.493 e. The predicted molar refractivity (Wildman–Crippen MR) is 132 cm³/mol. The van der Waals surface area contributed by atoms with Crippen LogP contribution in [0, 0.1) is 13.8 Å². The van der Waals surface area contributed by atoms with Gasteiger partial charge in [0.15, 0.2) is 11.5 Å². The summed E-state index contributed by atoms with van der Waals surface area (Å²) in [6.45, 7) is 4.33. The fraction of sp³-hybridized carbons (Fsp3) is 0.200. The maximum Gasteiger partial charge on any atom is 0.244 e. The number of nitrogens with one attached hydrogen (secondary N) is 1. The van der Waals surface area contributed by atoms with Crippen LogP contribution >= 0.6 is 27.5 Å². The lowest BCUT2D eigenvalue weighted by Gasteiger charge is -2.14. The Morgan fingerprint density at radius 3 is 2.62 bits per heavy atom. The third-order valence-electron chi connectivity index (χ3n) is 4.83. The van der Waals surface area contributed by atoms with Gasteiger partial charge in [0, 0.05) is 10.6 Å².